The standard InChI is InChI=1S/C10H9ClF3N3O2/c11-8-3-7(17(18)19)4-9(15-8)16(6-1-2-6)5-10(12,13)14/h3-4,6H,1-2,5H2. The summed E-state index contributed by atoms with van der Waals surface area (Å²) in [7, 11) is 0. The van der Waals surface area contributed by atoms with Gasteiger partial charge in [0.15, 0.2) is 0 Å². The van der Waals surface area contributed by atoms with Gasteiger partial charge in [-0.15, -0.1) is 0 Å². The van der Waals surface area contributed by atoms with Gasteiger partial charge in [-0.2, -0.15) is 13.2 Å². The van der Waals surface area contributed by atoms with Gasteiger partial charge in [0.05, 0.1) is 17.1 Å². The van der Waals surface area contributed by atoms with Crippen LogP contribution in [0, 0.1) is 10.1 Å². The van der Waals surface area contributed by atoms with Crippen molar-refractivity contribution in [2.24, 2.45) is 0 Å². The molecular weight excluding hydrogens is 287 g/mol. The van der Waals surface area contributed by atoms with E-state index in [4.69, 9.17) is 11.6 Å². The molecular formula is C10H9ClF3N3O2. The maximum atomic E-state index is 12.5. The van der Waals surface area contributed by atoms with Crippen LogP contribution in [0.2, 0.25) is 5.15 Å². The zero-order valence-electron chi connectivity index (χ0n) is 9.52. The van der Waals surface area contributed by atoms with Crippen LogP contribution in [0.4, 0.5) is 24.7 Å². The van der Waals surface area contributed by atoms with Crippen molar-refractivity contribution < 1.29 is 18.1 Å². The van der Waals surface area contributed by atoms with E-state index in [-0.39, 0.29) is 22.7 Å². The third-order valence-electron chi connectivity index (χ3n) is 2.61. The summed E-state index contributed by atoms with van der Waals surface area (Å²) < 4.78 is 37.5. The molecule has 0 unspecified atom stereocenters. The van der Waals surface area contributed by atoms with Crippen molar-refractivity contribution in [1.82, 2.24) is 4.98 Å². The summed E-state index contributed by atoms with van der Waals surface area (Å²) in [6.07, 6.45) is -3.18. The average molecular weight is 296 g/mol. The summed E-state index contributed by atoms with van der Waals surface area (Å²) in [4.78, 5) is 14.7. The van der Waals surface area contributed by atoms with Gasteiger partial charge in [-0.25, -0.2) is 4.98 Å². The highest BCUT2D eigenvalue weighted by Crippen LogP contribution is 2.35. The molecule has 0 aliphatic heterocycles. The third kappa shape index (κ3) is 3.69. The zero-order chi connectivity index (χ0) is 14.2. The molecule has 0 spiro atoms. The number of pyridine rings is 1. The Labute approximate surface area is 111 Å². The van der Waals surface area contributed by atoms with Crippen molar-refractivity contribution in [2.75, 3.05) is 11.4 Å². The van der Waals surface area contributed by atoms with E-state index in [9.17, 15) is 23.3 Å². The lowest BCUT2D eigenvalue weighted by Gasteiger charge is -2.24. The number of nitrogens with zero attached hydrogens (tertiary/aromatic N) is 3. The van der Waals surface area contributed by atoms with Crippen molar-refractivity contribution in [3.8, 4) is 0 Å². The fourth-order valence-electron chi connectivity index (χ4n) is 1.70. The van der Waals surface area contributed by atoms with Gasteiger partial charge in [-0.3, -0.25) is 10.1 Å². The lowest BCUT2D eigenvalue weighted by molar-refractivity contribution is -0.384. The van der Waals surface area contributed by atoms with Crippen molar-refractivity contribution in [1.29, 1.82) is 0 Å². The van der Waals surface area contributed by atoms with E-state index >= 15 is 0 Å². The molecule has 1 heterocycles. The van der Waals surface area contributed by atoms with Crippen molar-refractivity contribution >= 4 is 23.1 Å². The molecule has 0 saturated heterocycles. The molecule has 1 aliphatic carbocycles. The molecule has 104 valence electrons. The van der Waals surface area contributed by atoms with Crippen LogP contribution in [0.5, 0.6) is 0 Å². The summed E-state index contributed by atoms with van der Waals surface area (Å²) >= 11 is 5.61. The molecule has 0 aromatic carbocycles. The minimum absolute atomic E-state index is 0.112. The van der Waals surface area contributed by atoms with Crippen LogP contribution in [0.1, 0.15) is 12.8 Å². The first-order valence-corrected chi connectivity index (χ1v) is 5.79. The first-order valence-electron chi connectivity index (χ1n) is 5.41. The molecule has 0 bridgehead atoms. The number of aromatic nitrogens is 1. The maximum Gasteiger partial charge on any atom is 0.405 e. The number of hydrogen-bond acceptors (Lipinski definition) is 4. The smallest absolute Gasteiger partial charge is 0.344 e. The Morgan fingerprint density at radius 3 is 2.58 bits per heavy atom. The van der Waals surface area contributed by atoms with Crippen LogP contribution in [0.15, 0.2) is 12.1 Å². The number of rotatable bonds is 4. The van der Waals surface area contributed by atoms with Gasteiger partial charge in [0.25, 0.3) is 5.69 Å². The van der Waals surface area contributed by atoms with Crippen LogP contribution in [0.25, 0.3) is 0 Å². The number of hydrogen-bond donors (Lipinski definition) is 0. The zero-order valence-corrected chi connectivity index (χ0v) is 10.3. The number of nitro groups is 1. The number of anilines is 1. The second kappa shape index (κ2) is 4.84. The Morgan fingerprint density at radius 1 is 1.47 bits per heavy atom. The first-order chi connectivity index (χ1) is 8.76. The molecule has 0 N–H and O–H groups in total. The minimum atomic E-state index is -4.40. The highest BCUT2D eigenvalue weighted by molar-refractivity contribution is 6.29. The molecule has 2 rings (SSSR count). The van der Waals surface area contributed by atoms with Crippen molar-refractivity contribution in [3.63, 3.8) is 0 Å². The second-order valence-electron chi connectivity index (χ2n) is 4.24. The number of alkyl halides is 3. The summed E-state index contributed by atoms with van der Waals surface area (Å²) in [6.45, 7) is -1.19. The quantitative estimate of drug-likeness (QED) is 0.486. The van der Waals surface area contributed by atoms with Crippen LogP contribution < -0.4 is 4.90 Å². The Hall–Kier alpha value is -1.57. The Bertz CT molecular complexity index is 505. The molecule has 9 heteroatoms. The van der Waals surface area contributed by atoms with Gasteiger partial charge in [-0.1, -0.05) is 11.6 Å². The average Bonchev–Trinajstić information content (AvgIpc) is 3.07. The molecule has 0 radical (unpaired) electrons. The summed E-state index contributed by atoms with van der Waals surface area (Å²) in [5, 5.41) is 10.5. The fraction of sp³-hybridized carbons (Fsp3) is 0.500. The van der Waals surface area contributed by atoms with Gasteiger partial charge < -0.3 is 4.90 Å². The Morgan fingerprint density at radius 2 is 2.11 bits per heavy atom. The van der Waals surface area contributed by atoms with E-state index in [1.54, 1.807) is 0 Å². The van der Waals surface area contributed by atoms with E-state index < -0.39 is 17.6 Å². The topological polar surface area (TPSA) is 59.3 Å². The molecule has 5 nitrogen and oxygen atoms in total. The molecule has 0 amide bonds. The van der Waals surface area contributed by atoms with E-state index in [1.807, 2.05) is 0 Å². The Balaban J connectivity index is 2.33. The maximum absolute atomic E-state index is 12.5. The van der Waals surface area contributed by atoms with E-state index in [0.717, 1.165) is 17.0 Å². The van der Waals surface area contributed by atoms with Gasteiger partial charge in [0.1, 0.15) is 17.5 Å². The molecule has 19 heavy (non-hydrogen) atoms. The van der Waals surface area contributed by atoms with Gasteiger partial charge in [0.2, 0.25) is 0 Å². The molecule has 1 aromatic heterocycles. The van der Waals surface area contributed by atoms with Crippen LogP contribution in [-0.4, -0.2) is 28.7 Å². The predicted octanol–water partition coefficient (Wildman–Crippen LogP) is 3.17. The van der Waals surface area contributed by atoms with Crippen LogP contribution >= 0.6 is 11.6 Å². The van der Waals surface area contributed by atoms with E-state index in [1.165, 1.54) is 0 Å². The summed E-state index contributed by atoms with van der Waals surface area (Å²) in [5.74, 6) is -0.112. The number of halogens is 4. The van der Waals surface area contributed by atoms with Crippen molar-refractivity contribution in [3.05, 3.63) is 27.4 Å². The SMILES string of the molecule is O=[N+]([O-])c1cc(Cl)nc(N(CC(F)(F)F)C2CC2)c1. The fourth-order valence-corrected chi connectivity index (χ4v) is 1.90. The lowest BCUT2D eigenvalue weighted by atomic mass is 10.3. The van der Waals surface area contributed by atoms with Gasteiger partial charge in [-0.05, 0) is 12.8 Å². The second-order valence-corrected chi connectivity index (χ2v) is 4.62. The Kier molecular flexibility index (Phi) is 3.53. The van der Waals surface area contributed by atoms with Crippen LogP contribution in [0.3, 0.4) is 0 Å². The van der Waals surface area contributed by atoms with Gasteiger partial charge in [0, 0.05) is 6.04 Å². The lowest BCUT2D eigenvalue weighted by Crippen LogP contribution is -2.36. The highest BCUT2D eigenvalue weighted by atomic mass is 35.5. The minimum Gasteiger partial charge on any atom is -0.344 e. The summed E-state index contributed by atoms with van der Waals surface area (Å²) in [6, 6.07) is 1.73. The molecule has 1 aliphatic rings. The van der Waals surface area contributed by atoms with Crippen molar-refractivity contribution in [2.45, 2.75) is 25.1 Å². The summed E-state index contributed by atoms with van der Waals surface area (Å²) in [5.41, 5.74) is -0.372. The monoisotopic (exact) mass is 295 g/mol. The van der Waals surface area contributed by atoms with Crippen LogP contribution in [-0.2, 0) is 0 Å². The molecule has 1 fully saturated rings. The largest absolute Gasteiger partial charge is 0.405 e. The predicted molar refractivity (Wildman–Crippen MR) is 62.3 cm³/mol. The van der Waals surface area contributed by atoms with E-state index in [2.05, 4.69) is 4.98 Å². The highest BCUT2D eigenvalue weighted by Gasteiger charge is 2.39. The molecule has 1 aromatic rings. The third-order valence-corrected chi connectivity index (χ3v) is 2.80. The van der Waals surface area contributed by atoms with E-state index in [0.29, 0.717) is 12.8 Å². The molecule has 0 atom stereocenters. The normalized spacial score (nSPS) is 15.4. The van der Waals surface area contributed by atoms with Gasteiger partial charge >= 0.3 is 6.18 Å². The molecule has 1 saturated carbocycles. The first kappa shape index (κ1) is 13.9.